The van der Waals surface area contributed by atoms with Crippen molar-refractivity contribution >= 4 is 13.2 Å². The summed E-state index contributed by atoms with van der Waals surface area (Å²) in [6.07, 6.45) is 3.88. The molecule has 0 amide bonds. The van der Waals surface area contributed by atoms with Gasteiger partial charge in [0.25, 0.3) is 5.56 Å². The van der Waals surface area contributed by atoms with Crippen molar-refractivity contribution in [3.63, 3.8) is 0 Å². The number of aromatic nitrogens is 1. The molecule has 0 aromatic carbocycles. The smallest absolute Gasteiger partial charge is 0.398 e. The Balaban J connectivity index is 1.80. The minimum Gasteiger partial charge on any atom is -0.398 e. The molecule has 2 fully saturated rings. The van der Waals surface area contributed by atoms with Gasteiger partial charge in [-0.1, -0.05) is 0 Å². The summed E-state index contributed by atoms with van der Waals surface area (Å²) >= 11 is 0. The van der Waals surface area contributed by atoms with Gasteiger partial charge in [-0.3, -0.25) is 4.79 Å². The van der Waals surface area contributed by atoms with Gasteiger partial charge in [0.2, 0.25) is 0 Å². The summed E-state index contributed by atoms with van der Waals surface area (Å²) in [6, 6.07) is 3.36. The largest absolute Gasteiger partial charge is 0.525 e. The van der Waals surface area contributed by atoms with E-state index in [2.05, 4.69) is 0 Å². The maximum Gasteiger partial charge on any atom is 0.525 e. The second kappa shape index (κ2) is 6.70. The predicted octanol–water partition coefficient (Wildman–Crippen LogP) is 2.83. The average molecular weight is 349 g/mol. The van der Waals surface area contributed by atoms with Crippen molar-refractivity contribution in [2.45, 2.75) is 51.9 Å². The molecule has 1 aromatic heterocycles. The zero-order chi connectivity index (χ0) is 18.2. The summed E-state index contributed by atoms with van der Waals surface area (Å²) < 4.78 is 33.0. The molecule has 5 nitrogen and oxygen atoms in total. The summed E-state index contributed by atoms with van der Waals surface area (Å²) in [5.41, 5.74) is -1.78. The van der Waals surface area contributed by atoms with E-state index in [0.717, 1.165) is 13.0 Å². The Morgan fingerprint density at radius 2 is 2.04 bits per heavy atom. The van der Waals surface area contributed by atoms with Gasteiger partial charge in [-0.25, -0.2) is 4.39 Å². The van der Waals surface area contributed by atoms with Gasteiger partial charge in [0.15, 0.2) is 0 Å². The molecule has 3 rings (SSSR count). The van der Waals surface area contributed by atoms with Gasteiger partial charge in [0.05, 0.1) is 17.8 Å². The van der Waals surface area contributed by atoms with Gasteiger partial charge in [0.1, 0.15) is 5.73 Å². The standard InChI is InChI=1S/C18H25BFNO4/c1-17(2)18(3,4)25-19(24-17)15(20)10-14-6-5-8-21(16(14)22)11-13-7-9-23-12-13/h5-6,8,10,13H,7,9,11-12H2,1-4H3. The fourth-order valence-electron chi connectivity index (χ4n) is 2.99. The van der Waals surface area contributed by atoms with E-state index in [1.807, 2.05) is 27.7 Å². The molecule has 7 heteroatoms. The first-order valence-electron chi connectivity index (χ1n) is 8.69. The Morgan fingerprint density at radius 3 is 2.64 bits per heavy atom. The molecule has 0 radical (unpaired) electrons. The van der Waals surface area contributed by atoms with Crippen LogP contribution in [-0.4, -0.2) is 36.1 Å². The Labute approximate surface area is 147 Å². The molecular formula is C18H25BFNO4. The monoisotopic (exact) mass is 349 g/mol. The average Bonchev–Trinajstić information content (AvgIpc) is 3.09. The Kier molecular flexibility index (Phi) is 4.92. The van der Waals surface area contributed by atoms with Crippen LogP contribution < -0.4 is 5.56 Å². The van der Waals surface area contributed by atoms with Gasteiger partial charge >= 0.3 is 7.12 Å². The molecule has 1 unspecified atom stereocenters. The van der Waals surface area contributed by atoms with Gasteiger partial charge < -0.3 is 18.6 Å². The summed E-state index contributed by atoms with van der Waals surface area (Å²) in [6.45, 7) is 9.42. The van der Waals surface area contributed by atoms with Crippen LogP contribution in [0.25, 0.3) is 6.08 Å². The van der Waals surface area contributed by atoms with E-state index in [1.54, 1.807) is 22.9 Å². The van der Waals surface area contributed by atoms with Crippen LogP contribution in [0, 0.1) is 5.92 Å². The molecule has 1 aromatic rings. The number of rotatable bonds is 4. The molecule has 136 valence electrons. The van der Waals surface area contributed by atoms with E-state index in [-0.39, 0.29) is 11.1 Å². The van der Waals surface area contributed by atoms with Crippen molar-refractivity contribution in [2.75, 3.05) is 13.2 Å². The Bertz CT molecular complexity index is 706. The number of hydrogen-bond donors (Lipinski definition) is 0. The fraction of sp³-hybridized carbons (Fsp3) is 0.611. The minimum atomic E-state index is -1.10. The Hall–Kier alpha value is -1.44. The second-order valence-electron chi connectivity index (χ2n) is 7.77. The van der Waals surface area contributed by atoms with Crippen molar-refractivity contribution < 1.29 is 18.4 Å². The number of pyridine rings is 1. The van der Waals surface area contributed by atoms with Crippen molar-refractivity contribution in [3.05, 3.63) is 40.0 Å². The summed E-state index contributed by atoms with van der Waals surface area (Å²) in [7, 11) is -1.10. The lowest BCUT2D eigenvalue weighted by Crippen LogP contribution is -2.41. The van der Waals surface area contributed by atoms with Crippen LogP contribution in [0.1, 0.15) is 39.7 Å². The topological polar surface area (TPSA) is 49.7 Å². The predicted molar refractivity (Wildman–Crippen MR) is 94.8 cm³/mol. The first-order valence-corrected chi connectivity index (χ1v) is 8.69. The highest BCUT2D eigenvalue weighted by atomic mass is 19.1. The Morgan fingerprint density at radius 1 is 1.36 bits per heavy atom. The van der Waals surface area contributed by atoms with E-state index in [4.69, 9.17) is 14.0 Å². The number of halogens is 1. The quantitative estimate of drug-likeness (QED) is 0.785. The third-order valence-corrected chi connectivity index (χ3v) is 5.30. The maximum atomic E-state index is 14.6. The highest BCUT2D eigenvalue weighted by Gasteiger charge is 2.53. The third kappa shape index (κ3) is 3.73. The van der Waals surface area contributed by atoms with E-state index in [9.17, 15) is 9.18 Å². The first kappa shape index (κ1) is 18.4. The van der Waals surface area contributed by atoms with Crippen molar-refractivity contribution in [3.8, 4) is 0 Å². The summed E-state index contributed by atoms with van der Waals surface area (Å²) in [5, 5.41) is 0. The first-order chi connectivity index (χ1) is 11.7. The second-order valence-corrected chi connectivity index (χ2v) is 7.77. The number of nitrogens with zero attached hydrogens (tertiary/aromatic N) is 1. The zero-order valence-corrected chi connectivity index (χ0v) is 15.3. The van der Waals surface area contributed by atoms with Crippen molar-refractivity contribution in [2.24, 2.45) is 5.92 Å². The van der Waals surface area contributed by atoms with Crippen LogP contribution in [0.3, 0.4) is 0 Å². The van der Waals surface area contributed by atoms with Gasteiger partial charge in [0, 0.05) is 30.8 Å². The lowest BCUT2D eigenvalue weighted by atomic mass is 9.87. The molecule has 0 saturated carbocycles. The van der Waals surface area contributed by atoms with Crippen LogP contribution in [-0.2, 0) is 20.6 Å². The van der Waals surface area contributed by atoms with Crippen LogP contribution in [0.5, 0.6) is 0 Å². The molecule has 2 saturated heterocycles. The molecule has 1 atom stereocenters. The van der Waals surface area contributed by atoms with Crippen LogP contribution in [0.15, 0.2) is 28.9 Å². The van der Waals surface area contributed by atoms with Crippen LogP contribution in [0.4, 0.5) is 4.39 Å². The summed E-state index contributed by atoms with van der Waals surface area (Å²) in [5.74, 6) is 0.324. The van der Waals surface area contributed by atoms with E-state index >= 15 is 0 Å². The minimum absolute atomic E-state index is 0.221. The normalized spacial score (nSPS) is 25.6. The maximum absolute atomic E-state index is 14.6. The van der Waals surface area contributed by atoms with Gasteiger partial charge in [-0.15, -0.1) is 0 Å². The van der Waals surface area contributed by atoms with Crippen molar-refractivity contribution in [1.29, 1.82) is 0 Å². The lowest BCUT2D eigenvalue weighted by Gasteiger charge is -2.32. The van der Waals surface area contributed by atoms with E-state index in [0.29, 0.717) is 19.1 Å². The lowest BCUT2D eigenvalue weighted by molar-refractivity contribution is 0.00578. The highest BCUT2D eigenvalue weighted by Crippen LogP contribution is 2.38. The van der Waals surface area contributed by atoms with Crippen molar-refractivity contribution in [1.82, 2.24) is 4.57 Å². The molecule has 0 spiro atoms. The summed E-state index contributed by atoms with van der Waals surface area (Å²) in [4.78, 5) is 12.6. The fourth-order valence-corrected chi connectivity index (χ4v) is 2.99. The van der Waals surface area contributed by atoms with Crippen LogP contribution >= 0.6 is 0 Å². The van der Waals surface area contributed by atoms with Gasteiger partial charge in [-0.05, 0) is 52.3 Å². The third-order valence-electron chi connectivity index (χ3n) is 5.30. The molecule has 0 N–H and O–H groups in total. The molecular weight excluding hydrogens is 324 g/mol. The van der Waals surface area contributed by atoms with Crippen LogP contribution in [0.2, 0.25) is 0 Å². The van der Waals surface area contributed by atoms with E-state index in [1.165, 1.54) is 6.08 Å². The SMILES string of the molecule is CC1(C)OB(C(F)=Cc2cccn(CC3CCOC3)c2=O)OC1(C)C. The van der Waals surface area contributed by atoms with E-state index < -0.39 is 24.0 Å². The zero-order valence-electron chi connectivity index (χ0n) is 15.3. The number of hydrogen-bond acceptors (Lipinski definition) is 4. The molecule has 0 bridgehead atoms. The number of ether oxygens (including phenoxy) is 1. The molecule has 2 aliphatic heterocycles. The molecule has 0 aliphatic carbocycles. The highest BCUT2D eigenvalue weighted by molar-refractivity contribution is 6.54. The molecule has 2 aliphatic rings. The molecule has 3 heterocycles. The van der Waals surface area contributed by atoms with Gasteiger partial charge in [-0.2, -0.15) is 0 Å². The molecule has 25 heavy (non-hydrogen) atoms.